The smallest absolute Gasteiger partial charge is 0.225 e. The number of aromatic amines is 1. The molecule has 1 N–H and O–H groups in total. The van der Waals surface area contributed by atoms with E-state index in [2.05, 4.69) is 20.6 Å². The molecule has 0 aliphatic carbocycles. The average molecular weight is 271 g/mol. The lowest BCUT2D eigenvalue weighted by Crippen LogP contribution is -2.45. The van der Waals surface area contributed by atoms with Crippen LogP contribution < -0.4 is 0 Å². The zero-order chi connectivity index (χ0) is 13.9. The van der Waals surface area contributed by atoms with E-state index >= 15 is 0 Å². The van der Waals surface area contributed by atoms with Crippen molar-refractivity contribution in [2.45, 2.75) is 19.8 Å². The Balaban J connectivity index is 1.64. The van der Waals surface area contributed by atoms with Crippen molar-refractivity contribution in [3.63, 3.8) is 0 Å². The lowest BCUT2D eigenvalue weighted by Gasteiger charge is -2.33. The van der Waals surface area contributed by atoms with Gasteiger partial charge in [-0.25, -0.2) is 0 Å². The van der Waals surface area contributed by atoms with Crippen LogP contribution in [0.3, 0.4) is 0 Å². The molecule has 6 heteroatoms. The molecule has 6 nitrogen and oxygen atoms in total. The van der Waals surface area contributed by atoms with Crippen molar-refractivity contribution >= 4 is 5.91 Å². The minimum atomic E-state index is 0.0336. The van der Waals surface area contributed by atoms with Crippen molar-refractivity contribution in [3.8, 4) is 11.4 Å². The van der Waals surface area contributed by atoms with Gasteiger partial charge in [0.2, 0.25) is 11.7 Å². The van der Waals surface area contributed by atoms with Gasteiger partial charge in [0.25, 0.3) is 0 Å². The number of carbonyl (C=O) groups excluding carboxylic acids is 1. The molecule has 2 heterocycles. The van der Waals surface area contributed by atoms with Gasteiger partial charge < -0.3 is 4.90 Å². The zero-order valence-corrected chi connectivity index (χ0v) is 11.4. The number of nitrogens with zero attached hydrogens (tertiary/aromatic N) is 4. The largest absolute Gasteiger partial charge is 0.342 e. The van der Waals surface area contributed by atoms with Crippen LogP contribution in [0.4, 0.5) is 0 Å². The second-order valence-corrected chi connectivity index (χ2v) is 5.22. The predicted molar refractivity (Wildman–Crippen MR) is 73.7 cm³/mol. The van der Waals surface area contributed by atoms with Crippen LogP contribution in [-0.4, -0.2) is 44.5 Å². The van der Waals surface area contributed by atoms with Crippen molar-refractivity contribution in [1.82, 2.24) is 25.5 Å². The minimum Gasteiger partial charge on any atom is -0.342 e. The highest BCUT2D eigenvalue weighted by atomic mass is 16.2. The summed E-state index contributed by atoms with van der Waals surface area (Å²) in [5, 5.41) is 13.9. The molecule has 0 spiro atoms. The van der Waals surface area contributed by atoms with Gasteiger partial charge in [0, 0.05) is 24.6 Å². The Hall–Kier alpha value is -2.24. The summed E-state index contributed by atoms with van der Waals surface area (Å²) >= 11 is 0. The molecular formula is C14H17N5O. The van der Waals surface area contributed by atoms with Crippen molar-refractivity contribution in [2.24, 2.45) is 5.92 Å². The molecule has 20 heavy (non-hydrogen) atoms. The molecule has 0 radical (unpaired) electrons. The topological polar surface area (TPSA) is 74.8 Å². The third-order valence-corrected chi connectivity index (χ3v) is 3.69. The molecular weight excluding hydrogens is 254 g/mol. The van der Waals surface area contributed by atoms with Gasteiger partial charge in [-0.3, -0.25) is 4.79 Å². The number of rotatable bonds is 4. The first kappa shape index (κ1) is 12.8. The maximum Gasteiger partial charge on any atom is 0.225 e. The lowest BCUT2D eigenvalue weighted by atomic mass is 9.97. The number of hydrogen-bond donors (Lipinski definition) is 1. The SMILES string of the molecule is CC(Cc1ccc(-c2nn[nH]n2)cc1)C(=O)N1CCC1. The van der Waals surface area contributed by atoms with Crippen molar-refractivity contribution < 1.29 is 4.79 Å². The summed E-state index contributed by atoms with van der Waals surface area (Å²) < 4.78 is 0. The Labute approximate surface area is 117 Å². The molecule has 0 saturated carbocycles. The normalized spacial score (nSPS) is 15.8. The maximum atomic E-state index is 12.1. The molecule has 1 fully saturated rings. The van der Waals surface area contributed by atoms with Gasteiger partial charge in [-0.2, -0.15) is 5.21 Å². The molecule has 1 aliphatic heterocycles. The van der Waals surface area contributed by atoms with E-state index in [-0.39, 0.29) is 11.8 Å². The molecule has 1 aromatic carbocycles. The highest BCUT2D eigenvalue weighted by molar-refractivity contribution is 5.79. The summed E-state index contributed by atoms with van der Waals surface area (Å²) in [6.45, 7) is 3.83. The molecule has 2 aromatic rings. The number of carbonyl (C=O) groups is 1. The zero-order valence-electron chi connectivity index (χ0n) is 11.4. The van der Waals surface area contributed by atoms with Crippen LogP contribution in [0.1, 0.15) is 18.9 Å². The third kappa shape index (κ3) is 2.54. The summed E-state index contributed by atoms with van der Waals surface area (Å²) in [6, 6.07) is 7.96. The van der Waals surface area contributed by atoms with Gasteiger partial charge in [-0.15, -0.1) is 10.2 Å². The van der Waals surface area contributed by atoms with Crippen LogP contribution in [0.25, 0.3) is 11.4 Å². The van der Waals surface area contributed by atoms with Gasteiger partial charge in [-0.05, 0) is 23.6 Å². The summed E-state index contributed by atoms with van der Waals surface area (Å²) in [6.07, 6.45) is 1.90. The van der Waals surface area contributed by atoms with Crippen molar-refractivity contribution in [3.05, 3.63) is 29.8 Å². The number of benzene rings is 1. The maximum absolute atomic E-state index is 12.1. The number of amides is 1. The number of H-pyrrole nitrogens is 1. The first-order valence-electron chi connectivity index (χ1n) is 6.85. The highest BCUT2D eigenvalue weighted by Crippen LogP contribution is 2.18. The van der Waals surface area contributed by atoms with Crippen LogP contribution in [0.2, 0.25) is 0 Å². The Morgan fingerprint density at radius 1 is 1.35 bits per heavy atom. The molecule has 1 saturated heterocycles. The summed E-state index contributed by atoms with van der Waals surface area (Å²) in [5.74, 6) is 0.881. The number of tetrazole rings is 1. The van der Waals surface area contributed by atoms with E-state index in [0.717, 1.165) is 37.1 Å². The van der Waals surface area contributed by atoms with Gasteiger partial charge in [-0.1, -0.05) is 31.2 Å². The Bertz CT molecular complexity index is 574. The third-order valence-electron chi connectivity index (χ3n) is 3.69. The van der Waals surface area contributed by atoms with Gasteiger partial charge in [0.15, 0.2) is 0 Å². The molecule has 0 bridgehead atoms. The summed E-state index contributed by atoms with van der Waals surface area (Å²) in [4.78, 5) is 14.0. The second kappa shape index (κ2) is 5.40. The number of likely N-dealkylation sites (tertiary alicyclic amines) is 1. The van der Waals surface area contributed by atoms with Gasteiger partial charge >= 0.3 is 0 Å². The molecule has 1 aromatic heterocycles. The van der Waals surface area contributed by atoms with Gasteiger partial charge in [0.1, 0.15) is 0 Å². The van der Waals surface area contributed by atoms with E-state index in [1.807, 2.05) is 36.1 Å². The monoisotopic (exact) mass is 271 g/mol. The molecule has 3 rings (SSSR count). The first-order valence-corrected chi connectivity index (χ1v) is 6.85. The second-order valence-electron chi connectivity index (χ2n) is 5.22. The van der Waals surface area contributed by atoms with Crippen molar-refractivity contribution in [1.29, 1.82) is 0 Å². The fourth-order valence-corrected chi connectivity index (χ4v) is 2.36. The van der Waals surface area contributed by atoms with E-state index in [9.17, 15) is 4.79 Å². The number of nitrogens with one attached hydrogen (secondary N) is 1. The molecule has 1 atom stereocenters. The van der Waals surface area contributed by atoms with Gasteiger partial charge in [0.05, 0.1) is 0 Å². The Morgan fingerprint density at radius 2 is 2.10 bits per heavy atom. The Kier molecular flexibility index (Phi) is 3.45. The van der Waals surface area contributed by atoms with E-state index in [1.54, 1.807) is 0 Å². The average Bonchev–Trinajstić information content (AvgIpc) is 2.91. The molecule has 104 valence electrons. The van der Waals surface area contributed by atoms with Crippen LogP contribution in [0.5, 0.6) is 0 Å². The predicted octanol–water partition coefficient (Wildman–Crippen LogP) is 1.28. The first-order chi connectivity index (χ1) is 9.74. The fourth-order valence-electron chi connectivity index (χ4n) is 2.36. The number of aromatic nitrogens is 4. The fraction of sp³-hybridized carbons (Fsp3) is 0.429. The van der Waals surface area contributed by atoms with Crippen LogP contribution in [0, 0.1) is 5.92 Å². The standard InChI is InChI=1S/C14H17N5O/c1-10(14(20)19-7-2-8-19)9-11-3-5-12(6-4-11)13-15-17-18-16-13/h3-6,10H,2,7-9H2,1H3,(H,15,16,17,18). The summed E-state index contributed by atoms with van der Waals surface area (Å²) in [5.41, 5.74) is 2.07. The van der Waals surface area contributed by atoms with E-state index in [1.165, 1.54) is 0 Å². The lowest BCUT2D eigenvalue weighted by molar-refractivity contribution is -0.138. The Morgan fingerprint density at radius 3 is 2.65 bits per heavy atom. The number of hydrogen-bond acceptors (Lipinski definition) is 4. The van der Waals surface area contributed by atoms with E-state index < -0.39 is 0 Å². The quantitative estimate of drug-likeness (QED) is 0.909. The minimum absolute atomic E-state index is 0.0336. The highest BCUT2D eigenvalue weighted by Gasteiger charge is 2.24. The molecule has 1 unspecified atom stereocenters. The van der Waals surface area contributed by atoms with Crippen LogP contribution >= 0.6 is 0 Å². The molecule has 1 aliphatic rings. The van der Waals surface area contributed by atoms with E-state index in [4.69, 9.17) is 0 Å². The van der Waals surface area contributed by atoms with Crippen molar-refractivity contribution in [2.75, 3.05) is 13.1 Å². The van der Waals surface area contributed by atoms with Crippen LogP contribution in [-0.2, 0) is 11.2 Å². The van der Waals surface area contributed by atoms with Crippen LogP contribution in [0.15, 0.2) is 24.3 Å². The molecule has 1 amide bonds. The summed E-state index contributed by atoms with van der Waals surface area (Å²) in [7, 11) is 0. The van der Waals surface area contributed by atoms with E-state index in [0.29, 0.717) is 5.82 Å².